The standard InChI is InChI=1S/C9H6F4O2/c1-9(13,8(14)15)4-2-6(11)7(12)3-5(4)10/h2-3H,1H3,(H,14,15). The summed E-state index contributed by atoms with van der Waals surface area (Å²) in [5.41, 5.74) is -4.15. The molecule has 0 aliphatic heterocycles. The lowest BCUT2D eigenvalue weighted by molar-refractivity contribution is -0.150. The number of alkyl halides is 1. The van der Waals surface area contributed by atoms with Crippen molar-refractivity contribution < 1.29 is 27.5 Å². The lowest BCUT2D eigenvalue weighted by Crippen LogP contribution is -2.28. The molecule has 82 valence electrons. The minimum atomic E-state index is -3.10. The Morgan fingerprint density at radius 3 is 2.13 bits per heavy atom. The average Bonchev–Trinajstić information content (AvgIpc) is 2.10. The molecule has 0 saturated carbocycles. The van der Waals surface area contributed by atoms with Gasteiger partial charge in [0.05, 0.1) is 0 Å². The van der Waals surface area contributed by atoms with Gasteiger partial charge in [0.2, 0.25) is 5.67 Å². The van der Waals surface area contributed by atoms with Crippen LogP contribution in [0.3, 0.4) is 0 Å². The largest absolute Gasteiger partial charge is 0.479 e. The molecule has 1 unspecified atom stereocenters. The fourth-order valence-electron chi connectivity index (χ4n) is 0.998. The molecule has 15 heavy (non-hydrogen) atoms. The van der Waals surface area contributed by atoms with Gasteiger partial charge in [0.15, 0.2) is 11.6 Å². The van der Waals surface area contributed by atoms with Crippen LogP contribution in [0, 0.1) is 17.5 Å². The molecule has 0 spiro atoms. The van der Waals surface area contributed by atoms with E-state index in [2.05, 4.69) is 0 Å². The van der Waals surface area contributed by atoms with Crippen LogP contribution in [0.4, 0.5) is 17.6 Å². The Labute approximate surface area is 82.1 Å². The predicted octanol–water partition coefficient (Wildman–Crippen LogP) is 2.37. The third kappa shape index (κ3) is 1.93. The van der Waals surface area contributed by atoms with Crippen molar-refractivity contribution in [2.24, 2.45) is 0 Å². The monoisotopic (exact) mass is 222 g/mol. The maximum Gasteiger partial charge on any atom is 0.346 e. The number of halogens is 4. The quantitative estimate of drug-likeness (QED) is 0.616. The molecule has 0 fully saturated rings. The van der Waals surface area contributed by atoms with Crippen LogP contribution < -0.4 is 0 Å². The molecule has 0 aromatic heterocycles. The van der Waals surface area contributed by atoms with Gasteiger partial charge in [0.1, 0.15) is 5.82 Å². The number of hydrogen-bond acceptors (Lipinski definition) is 1. The normalized spacial score (nSPS) is 14.7. The molecule has 0 saturated heterocycles. The second kappa shape index (κ2) is 3.52. The third-order valence-electron chi connectivity index (χ3n) is 1.92. The van der Waals surface area contributed by atoms with Crippen LogP contribution in [0.2, 0.25) is 0 Å². The van der Waals surface area contributed by atoms with Crippen LogP contribution >= 0.6 is 0 Å². The third-order valence-corrected chi connectivity index (χ3v) is 1.92. The molecule has 0 heterocycles. The van der Waals surface area contributed by atoms with E-state index in [0.717, 1.165) is 0 Å². The summed E-state index contributed by atoms with van der Waals surface area (Å²) in [5, 5.41) is 8.42. The number of carboxylic acid groups (broad SMARTS) is 1. The molecule has 0 amide bonds. The number of benzene rings is 1. The first-order valence-electron chi connectivity index (χ1n) is 3.84. The number of hydrogen-bond donors (Lipinski definition) is 1. The summed E-state index contributed by atoms with van der Waals surface area (Å²) in [7, 11) is 0. The highest BCUT2D eigenvalue weighted by molar-refractivity contribution is 5.78. The zero-order valence-electron chi connectivity index (χ0n) is 7.52. The highest BCUT2D eigenvalue weighted by Crippen LogP contribution is 2.29. The zero-order chi connectivity index (χ0) is 11.8. The van der Waals surface area contributed by atoms with Gasteiger partial charge in [-0.05, 0) is 13.0 Å². The Morgan fingerprint density at radius 2 is 1.67 bits per heavy atom. The predicted molar refractivity (Wildman–Crippen MR) is 42.4 cm³/mol. The van der Waals surface area contributed by atoms with Crippen LogP contribution in [0.25, 0.3) is 0 Å². The van der Waals surface area contributed by atoms with Crippen molar-refractivity contribution >= 4 is 5.97 Å². The van der Waals surface area contributed by atoms with E-state index in [1.54, 1.807) is 0 Å². The summed E-state index contributed by atoms with van der Waals surface area (Å²) >= 11 is 0. The van der Waals surface area contributed by atoms with Gasteiger partial charge in [-0.25, -0.2) is 22.4 Å². The first-order chi connectivity index (χ1) is 6.76. The summed E-state index contributed by atoms with van der Waals surface area (Å²) < 4.78 is 51.5. The van der Waals surface area contributed by atoms with E-state index >= 15 is 0 Å². The Morgan fingerprint density at radius 1 is 1.20 bits per heavy atom. The maximum atomic E-state index is 13.4. The minimum Gasteiger partial charge on any atom is -0.479 e. The molecular weight excluding hydrogens is 216 g/mol. The van der Waals surface area contributed by atoms with E-state index in [1.807, 2.05) is 0 Å². The molecule has 6 heteroatoms. The Hall–Kier alpha value is -1.59. The van der Waals surface area contributed by atoms with Crippen molar-refractivity contribution in [3.05, 3.63) is 35.1 Å². The molecule has 1 aromatic carbocycles. The molecule has 2 nitrogen and oxygen atoms in total. The molecule has 1 rings (SSSR count). The first kappa shape index (κ1) is 11.5. The molecule has 0 radical (unpaired) electrons. The smallest absolute Gasteiger partial charge is 0.346 e. The minimum absolute atomic E-state index is 0.103. The second-order valence-electron chi connectivity index (χ2n) is 3.05. The molecule has 0 aliphatic carbocycles. The maximum absolute atomic E-state index is 13.4. The fraction of sp³-hybridized carbons (Fsp3) is 0.222. The van der Waals surface area contributed by atoms with Gasteiger partial charge >= 0.3 is 5.97 Å². The molecular formula is C9H6F4O2. The van der Waals surface area contributed by atoms with Gasteiger partial charge in [-0.1, -0.05) is 0 Å². The fourth-order valence-corrected chi connectivity index (χ4v) is 0.998. The lowest BCUT2D eigenvalue weighted by atomic mass is 9.97. The summed E-state index contributed by atoms with van der Waals surface area (Å²) in [4.78, 5) is 10.4. The van der Waals surface area contributed by atoms with Crippen LogP contribution in [0.1, 0.15) is 12.5 Å². The second-order valence-corrected chi connectivity index (χ2v) is 3.05. The summed E-state index contributed by atoms with van der Waals surface area (Å²) in [6, 6.07) is 0.296. The van der Waals surface area contributed by atoms with Gasteiger partial charge in [-0.3, -0.25) is 0 Å². The molecule has 0 bridgehead atoms. The van der Waals surface area contributed by atoms with Crippen molar-refractivity contribution in [2.45, 2.75) is 12.6 Å². The highest BCUT2D eigenvalue weighted by atomic mass is 19.2. The Balaban J connectivity index is 3.38. The van der Waals surface area contributed by atoms with Gasteiger partial charge in [0.25, 0.3) is 0 Å². The van der Waals surface area contributed by atoms with E-state index < -0.39 is 34.7 Å². The van der Waals surface area contributed by atoms with Crippen LogP contribution in [-0.4, -0.2) is 11.1 Å². The van der Waals surface area contributed by atoms with E-state index in [0.29, 0.717) is 6.92 Å². The van der Waals surface area contributed by atoms with Gasteiger partial charge in [-0.15, -0.1) is 0 Å². The van der Waals surface area contributed by atoms with Crippen LogP contribution in [-0.2, 0) is 10.5 Å². The van der Waals surface area contributed by atoms with Crippen molar-refractivity contribution in [1.29, 1.82) is 0 Å². The van der Waals surface area contributed by atoms with Gasteiger partial charge < -0.3 is 5.11 Å². The van der Waals surface area contributed by atoms with Crippen LogP contribution in [0.5, 0.6) is 0 Å². The molecule has 1 aromatic rings. The summed E-state index contributed by atoms with van der Waals surface area (Å²) in [5.74, 6) is -6.43. The highest BCUT2D eigenvalue weighted by Gasteiger charge is 2.38. The van der Waals surface area contributed by atoms with Crippen molar-refractivity contribution in [1.82, 2.24) is 0 Å². The van der Waals surface area contributed by atoms with Gasteiger partial charge in [-0.2, -0.15) is 0 Å². The number of aliphatic carboxylic acids is 1. The topological polar surface area (TPSA) is 37.3 Å². The zero-order valence-corrected chi connectivity index (χ0v) is 7.52. The molecule has 1 N–H and O–H groups in total. The number of carboxylic acids is 1. The molecule has 0 aliphatic rings. The van der Waals surface area contributed by atoms with Gasteiger partial charge in [0, 0.05) is 11.6 Å². The van der Waals surface area contributed by atoms with E-state index in [1.165, 1.54) is 0 Å². The molecule has 1 atom stereocenters. The van der Waals surface area contributed by atoms with Crippen molar-refractivity contribution in [2.75, 3.05) is 0 Å². The van der Waals surface area contributed by atoms with E-state index in [-0.39, 0.29) is 12.1 Å². The van der Waals surface area contributed by atoms with Crippen molar-refractivity contribution in [3.8, 4) is 0 Å². The number of carbonyl (C=O) groups is 1. The lowest BCUT2D eigenvalue weighted by Gasteiger charge is -2.16. The number of rotatable bonds is 2. The Bertz CT molecular complexity index is 415. The summed E-state index contributed by atoms with van der Waals surface area (Å²) in [6.07, 6.45) is 0. The van der Waals surface area contributed by atoms with Crippen LogP contribution in [0.15, 0.2) is 12.1 Å². The summed E-state index contributed by atoms with van der Waals surface area (Å²) in [6.45, 7) is 0.547. The van der Waals surface area contributed by atoms with E-state index in [9.17, 15) is 22.4 Å². The SMILES string of the molecule is CC(F)(C(=O)O)c1cc(F)c(F)cc1F. The first-order valence-corrected chi connectivity index (χ1v) is 3.84. The average molecular weight is 222 g/mol. The van der Waals surface area contributed by atoms with E-state index in [4.69, 9.17) is 5.11 Å². The van der Waals surface area contributed by atoms with Crippen molar-refractivity contribution in [3.63, 3.8) is 0 Å². The Kier molecular flexibility index (Phi) is 2.70.